The molecule has 160 valence electrons. The molecule has 0 aliphatic rings. The van der Waals surface area contributed by atoms with Crippen molar-refractivity contribution in [3.8, 4) is 39.7 Å². The van der Waals surface area contributed by atoms with Crippen LogP contribution in [0.4, 0.5) is 0 Å². The largest absolute Gasteiger partial charge is 0.490 e. The molecule has 1 N–H and O–H groups in total. The quantitative estimate of drug-likeness (QED) is 0.217. The van der Waals surface area contributed by atoms with Crippen LogP contribution in [0.1, 0.15) is 6.92 Å². The normalized spacial score (nSPS) is 10.5. The second-order valence-corrected chi connectivity index (χ2v) is 7.33. The van der Waals surface area contributed by atoms with Gasteiger partial charge >= 0.3 is 5.97 Å². The number of hydrogen-bond acceptors (Lipinski definition) is 4. The van der Waals surface area contributed by atoms with Gasteiger partial charge in [-0.25, -0.2) is 9.78 Å². The summed E-state index contributed by atoms with van der Waals surface area (Å²) in [6, 6.07) is 28.0. The average Bonchev–Trinajstić information content (AvgIpc) is 3.29. The van der Waals surface area contributed by atoms with Gasteiger partial charge in [-0.15, -0.1) is 0 Å². The number of carbonyl (C=O) groups excluding carboxylic acids is 1. The number of aromatic nitrogens is 2. The van der Waals surface area contributed by atoms with Crippen molar-refractivity contribution in [3.63, 3.8) is 0 Å². The van der Waals surface area contributed by atoms with Gasteiger partial charge in [-0.3, -0.25) is 0 Å². The monoisotopic (exact) mass is 424 g/mol. The molecule has 1 aromatic heterocycles. The van der Waals surface area contributed by atoms with E-state index in [9.17, 15) is 4.79 Å². The molecule has 0 bridgehead atoms. The van der Waals surface area contributed by atoms with Crippen LogP contribution in [0.3, 0.4) is 0 Å². The topological polar surface area (TPSA) is 64.2 Å². The standard InChI is InChI=1S/C27H24N2O3/c1-19(2)27(30)32-18-17-31-23-15-13-22(14-16-23)26-28-24(20-9-5-3-6-10-20)25(29-26)21-11-7-4-8-12-21/h3-16H,1,17-18H2,2H3,(H,28,29). The lowest BCUT2D eigenvalue weighted by Gasteiger charge is -2.07. The Bertz CT molecular complexity index is 1140. The molecule has 0 saturated carbocycles. The van der Waals surface area contributed by atoms with Gasteiger partial charge in [-0.05, 0) is 31.2 Å². The molecule has 3 aromatic carbocycles. The third kappa shape index (κ3) is 4.95. The summed E-state index contributed by atoms with van der Waals surface area (Å²) in [6.07, 6.45) is 0. The minimum Gasteiger partial charge on any atom is -0.490 e. The average molecular weight is 425 g/mol. The van der Waals surface area contributed by atoms with Gasteiger partial charge in [0.2, 0.25) is 0 Å². The van der Waals surface area contributed by atoms with Gasteiger partial charge in [0.1, 0.15) is 24.8 Å². The Morgan fingerprint density at radius 3 is 2.09 bits per heavy atom. The Morgan fingerprint density at radius 1 is 0.844 bits per heavy atom. The van der Waals surface area contributed by atoms with Crippen LogP contribution in [-0.2, 0) is 9.53 Å². The molecular formula is C27H24N2O3. The Hall–Kier alpha value is -4.12. The van der Waals surface area contributed by atoms with Crippen LogP contribution in [0.15, 0.2) is 97.1 Å². The van der Waals surface area contributed by atoms with Crippen molar-refractivity contribution in [1.82, 2.24) is 9.97 Å². The SMILES string of the molecule is C=C(C)C(=O)OCCOc1ccc(-c2nc(-c3ccccc3)c(-c3ccccc3)[nH]2)cc1. The number of ether oxygens (including phenoxy) is 2. The summed E-state index contributed by atoms with van der Waals surface area (Å²) in [7, 11) is 0. The first-order valence-corrected chi connectivity index (χ1v) is 10.4. The smallest absolute Gasteiger partial charge is 0.333 e. The molecule has 0 fully saturated rings. The van der Waals surface area contributed by atoms with Crippen molar-refractivity contribution in [1.29, 1.82) is 0 Å². The van der Waals surface area contributed by atoms with E-state index in [1.54, 1.807) is 6.92 Å². The Kier molecular flexibility index (Phi) is 6.46. The van der Waals surface area contributed by atoms with Crippen LogP contribution in [0.25, 0.3) is 33.9 Å². The maximum absolute atomic E-state index is 11.4. The van der Waals surface area contributed by atoms with E-state index < -0.39 is 5.97 Å². The van der Waals surface area contributed by atoms with Crippen LogP contribution >= 0.6 is 0 Å². The first-order valence-electron chi connectivity index (χ1n) is 10.4. The van der Waals surface area contributed by atoms with E-state index in [2.05, 4.69) is 35.8 Å². The molecule has 4 aromatic rings. The number of imidazole rings is 1. The lowest BCUT2D eigenvalue weighted by molar-refractivity contribution is -0.139. The minimum absolute atomic E-state index is 0.173. The van der Waals surface area contributed by atoms with E-state index in [4.69, 9.17) is 14.5 Å². The number of hydrogen-bond donors (Lipinski definition) is 1. The molecule has 1 heterocycles. The predicted molar refractivity (Wildman–Crippen MR) is 126 cm³/mol. The van der Waals surface area contributed by atoms with Crippen molar-refractivity contribution in [3.05, 3.63) is 97.1 Å². The van der Waals surface area contributed by atoms with E-state index in [0.717, 1.165) is 33.9 Å². The van der Waals surface area contributed by atoms with Gasteiger partial charge in [0.15, 0.2) is 0 Å². The number of benzene rings is 3. The molecule has 0 unspecified atom stereocenters. The predicted octanol–water partition coefficient (Wildman–Crippen LogP) is 5.91. The number of aromatic amines is 1. The van der Waals surface area contributed by atoms with Gasteiger partial charge in [-0.2, -0.15) is 0 Å². The van der Waals surface area contributed by atoms with Gasteiger partial charge in [0, 0.05) is 22.3 Å². The number of rotatable bonds is 8. The highest BCUT2D eigenvalue weighted by Gasteiger charge is 2.15. The van der Waals surface area contributed by atoms with Crippen LogP contribution in [-0.4, -0.2) is 29.2 Å². The van der Waals surface area contributed by atoms with Gasteiger partial charge in [-0.1, -0.05) is 67.2 Å². The minimum atomic E-state index is -0.412. The summed E-state index contributed by atoms with van der Waals surface area (Å²) in [5.41, 5.74) is 5.34. The lowest BCUT2D eigenvalue weighted by Crippen LogP contribution is -2.12. The number of carbonyl (C=O) groups is 1. The number of esters is 1. The highest BCUT2D eigenvalue weighted by molar-refractivity contribution is 5.86. The lowest BCUT2D eigenvalue weighted by atomic mass is 10.1. The second kappa shape index (κ2) is 9.79. The molecule has 0 radical (unpaired) electrons. The fourth-order valence-electron chi connectivity index (χ4n) is 3.25. The molecule has 0 aliphatic heterocycles. The van der Waals surface area contributed by atoms with E-state index in [1.807, 2.05) is 60.7 Å². The van der Waals surface area contributed by atoms with Crippen LogP contribution in [0.5, 0.6) is 5.75 Å². The Morgan fingerprint density at radius 2 is 1.47 bits per heavy atom. The zero-order chi connectivity index (χ0) is 22.3. The van der Waals surface area contributed by atoms with Crippen molar-refractivity contribution in [2.45, 2.75) is 6.92 Å². The summed E-state index contributed by atoms with van der Waals surface area (Å²) in [6.45, 7) is 5.61. The second-order valence-electron chi connectivity index (χ2n) is 7.33. The number of nitrogens with zero attached hydrogens (tertiary/aromatic N) is 1. The molecule has 32 heavy (non-hydrogen) atoms. The summed E-state index contributed by atoms with van der Waals surface area (Å²) in [5, 5.41) is 0. The maximum atomic E-state index is 11.4. The Balaban J connectivity index is 1.53. The first-order chi connectivity index (χ1) is 15.6. The molecule has 0 amide bonds. The highest BCUT2D eigenvalue weighted by atomic mass is 16.6. The summed E-state index contributed by atoms with van der Waals surface area (Å²) < 4.78 is 10.7. The molecular weight excluding hydrogens is 400 g/mol. The van der Waals surface area contributed by atoms with Crippen molar-refractivity contribution >= 4 is 5.97 Å². The van der Waals surface area contributed by atoms with Gasteiger partial charge < -0.3 is 14.5 Å². The zero-order valence-corrected chi connectivity index (χ0v) is 17.9. The molecule has 4 rings (SSSR count). The molecule has 5 nitrogen and oxygen atoms in total. The van der Waals surface area contributed by atoms with E-state index in [0.29, 0.717) is 11.3 Å². The van der Waals surface area contributed by atoms with Crippen molar-refractivity contribution in [2.24, 2.45) is 0 Å². The van der Waals surface area contributed by atoms with Crippen LogP contribution in [0, 0.1) is 0 Å². The Labute approximate surface area is 187 Å². The summed E-state index contributed by atoms with van der Waals surface area (Å²) >= 11 is 0. The molecule has 0 saturated heterocycles. The third-order valence-electron chi connectivity index (χ3n) is 4.87. The molecule has 0 aliphatic carbocycles. The van der Waals surface area contributed by atoms with E-state index in [-0.39, 0.29) is 13.2 Å². The number of H-pyrrole nitrogens is 1. The first kappa shape index (κ1) is 21.1. The molecule has 0 spiro atoms. The van der Waals surface area contributed by atoms with E-state index >= 15 is 0 Å². The van der Waals surface area contributed by atoms with Crippen LogP contribution < -0.4 is 4.74 Å². The van der Waals surface area contributed by atoms with E-state index in [1.165, 1.54) is 0 Å². The fourth-order valence-corrected chi connectivity index (χ4v) is 3.25. The summed E-state index contributed by atoms with van der Waals surface area (Å²) in [4.78, 5) is 19.8. The molecule has 0 atom stereocenters. The highest BCUT2D eigenvalue weighted by Crippen LogP contribution is 2.33. The number of nitrogens with one attached hydrogen (secondary N) is 1. The maximum Gasteiger partial charge on any atom is 0.333 e. The fraction of sp³-hybridized carbons (Fsp3) is 0.111. The van der Waals surface area contributed by atoms with Crippen molar-refractivity contribution in [2.75, 3.05) is 13.2 Å². The van der Waals surface area contributed by atoms with Gasteiger partial charge in [0.05, 0.1) is 11.4 Å². The molecule has 5 heteroatoms. The zero-order valence-electron chi connectivity index (χ0n) is 17.9. The third-order valence-corrected chi connectivity index (χ3v) is 4.87. The summed E-state index contributed by atoms with van der Waals surface area (Å²) in [5.74, 6) is 1.06. The van der Waals surface area contributed by atoms with Crippen molar-refractivity contribution < 1.29 is 14.3 Å². The van der Waals surface area contributed by atoms with Crippen LogP contribution in [0.2, 0.25) is 0 Å². The van der Waals surface area contributed by atoms with Gasteiger partial charge in [0.25, 0.3) is 0 Å².